The summed E-state index contributed by atoms with van der Waals surface area (Å²) in [6.45, 7) is 4.39. The highest BCUT2D eigenvalue weighted by molar-refractivity contribution is 5.26. The van der Waals surface area contributed by atoms with Crippen LogP contribution < -0.4 is 17.0 Å². The predicted molar refractivity (Wildman–Crippen MR) is 66.0 cm³/mol. The van der Waals surface area contributed by atoms with E-state index in [4.69, 9.17) is 5.73 Å². The molecule has 0 saturated heterocycles. The first-order valence-electron chi connectivity index (χ1n) is 5.95. The molecule has 0 unspecified atom stereocenters. The van der Waals surface area contributed by atoms with Crippen LogP contribution in [0, 0.1) is 0 Å². The molecule has 0 aliphatic heterocycles. The average molecular weight is 238 g/mol. The highest BCUT2D eigenvalue weighted by atomic mass is 16.2. The summed E-state index contributed by atoms with van der Waals surface area (Å²) in [6, 6.07) is 1.91. The lowest BCUT2D eigenvalue weighted by Crippen LogP contribution is -2.36. The molecule has 0 amide bonds. The topological polar surface area (TPSA) is 84.1 Å². The Balaban J connectivity index is 2.08. The smallest absolute Gasteiger partial charge is 0.329 e. The van der Waals surface area contributed by atoms with E-state index in [1.165, 1.54) is 23.5 Å². The van der Waals surface area contributed by atoms with Crippen molar-refractivity contribution in [3.05, 3.63) is 26.9 Å². The SMILES string of the molecule is CCN(CCn1c(N)cc(=O)[nH]c1=O)C1CC1. The minimum Gasteiger partial charge on any atom is -0.385 e. The van der Waals surface area contributed by atoms with Gasteiger partial charge in [-0.1, -0.05) is 6.92 Å². The number of aromatic amines is 1. The Hall–Kier alpha value is -1.56. The monoisotopic (exact) mass is 238 g/mol. The zero-order valence-electron chi connectivity index (χ0n) is 9.98. The van der Waals surface area contributed by atoms with E-state index in [9.17, 15) is 9.59 Å². The fourth-order valence-corrected chi connectivity index (χ4v) is 2.04. The molecule has 1 aromatic rings. The van der Waals surface area contributed by atoms with Crippen molar-refractivity contribution in [3.63, 3.8) is 0 Å². The molecule has 1 saturated carbocycles. The third-order valence-corrected chi connectivity index (χ3v) is 3.15. The molecule has 1 fully saturated rings. The summed E-state index contributed by atoms with van der Waals surface area (Å²) >= 11 is 0. The van der Waals surface area contributed by atoms with Gasteiger partial charge in [-0.05, 0) is 19.4 Å². The summed E-state index contributed by atoms with van der Waals surface area (Å²) < 4.78 is 1.41. The van der Waals surface area contributed by atoms with Gasteiger partial charge in [0.1, 0.15) is 5.82 Å². The number of aromatic nitrogens is 2. The molecule has 1 heterocycles. The lowest BCUT2D eigenvalue weighted by Gasteiger charge is -2.20. The predicted octanol–water partition coefficient (Wildman–Crippen LogP) is -0.397. The Labute approximate surface area is 99.1 Å². The maximum Gasteiger partial charge on any atom is 0.329 e. The average Bonchev–Trinajstić information content (AvgIpc) is 3.06. The third-order valence-electron chi connectivity index (χ3n) is 3.15. The molecule has 2 rings (SSSR count). The van der Waals surface area contributed by atoms with Crippen molar-refractivity contribution in [2.75, 3.05) is 18.8 Å². The number of nitrogens with one attached hydrogen (secondary N) is 1. The first-order chi connectivity index (χ1) is 8.11. The van der Waals surface area contributed by atoms with E-state index < -0.39 is 11.2 Å². The van der Waals surface area contributed by atoms with Crippen LogP contribution in [-0.4, -0.2) is 33.6 Å². The van der Waals surface area contributed by atoms with Gasteiger partial charge in [0, 0.05) is 25.2 Å². The van der Waals surface area contributed by atoms with E-state index in [-0.39, 0.29) is 5.82 Å². The first kappa shape index (κ1) is 11.9. The van der Waals surface area contributed by atoms with Crippen molar-refractivity contribution >= 4 is 5.82 Å². The molecule has 0 atom stereocenters. The second kappa shape index (κ2) is 4.75. The standard InChI is InChI=1S/C11H18N4O2/c1-2-14(8-3-4-8)5-6-15-9(12)7-10(16)13-11(15)17/h7-8H,2-6,12H2,1H3,(H,13,16,17). The van der Waals surface area contributed by atoms with Crippen molar-refractivity contribution in [1.82, 2.24) is 14.5 Å². The van der Waals surface area contributed by atoms with E-state index in [0.29, 0.717) is 12.6 Å². The summed E-state index contributed by atoms with van der Waals surface area (Å²) in [5, 5.41) is 0. The Morgan fingerprint density at radius 1 is 1.53 bits per heavy atom. The normalized spacial score (nSPS) is 15.4. The van der Waals surface area contributed by atoms with Crippen LogP contribution in [0.5, 0.6) is 0 Å². The number of likely N-dealkylation sites (N-methyl/N-ethyl adjacent to an activating group) is 1. The molecule has 94 valence electrons. The van der Waals surface area contributed by atoms with Crippen LogP contribution in [0.25, 0.3) is 0 Å². The van der Waals surface area contributed by atoms with Gasteiger partial charge in [0.05, 0.1) is 0 Å². The number of nitrogens with zero attached hydrogens (tertiary/aromatic N) is 2. The van der Waals surface area contributed by atoms with Gasteiger partial charge in [-0.15, -0.1) is 0 Å². The number of nitrogens with two attached hydrogens (primary N) is 1. The van der Waals surface area contributed by atoms with Crippen molar-refractivity contribution in [2.24, 2.45) is 0 Å². The zero-order valence-corrected chi connectivity index (χ0v) is 9.98. The van der Waals surface area contributed by atoms with E-state index in [1.54, 1.807) is 0 Å². The Morgan fingerprint density at radius 3 is 2.76 bits per heavy atom. The summed E-state index contributed by atoms with van der Waals surface area (Å²) in [5.74, 6) is 0.227. The third kappa shape index (κ3) is 2.76. The Kier molecular flexibility index (Phi) is 3.33. The molecule has 17 heavy (non-hydrogen) atoms. The van der Waals surface area contributed by atoms with Gasteiger partial charge in [0.2, 0.25) is 0 Å². The summed E-state index contributed by atoms with van der Waals surface area (Å²) in [6.07, 6.45) is 2.48. The fraction of sp³-hybridized carbons (Fsp3) is 0.636. The molecule has 1 aliphatic rings. The number of H-pyrrole nitrogens is 1. The largest absolute Gasteiger partial charge is 0.385 e. The minimum atomic E-state index is -0.446. The quantitative estimate of drug-likeness (QED) is 0.731. The molecule has 0 radical (unpaired) electrons. The Bertz CT molecular complexity index is 501. The molecule has 0 aromatic carbocycles. The van der Waals surface area contributed by atoms with Crippen LogP contribution in [0.15, 0.2) is 15.7 Å². The summed E-state index contributed by atoms with van der Waals surface area (Å²) in [7, 11) is 0. The van der Waals surface area contributed by atoms with Crippen LogP contribution in [-0.2, 0) is 6.54 Å². The molecule has 6 heteroatoms. The van der Waals surface area contributed by atoms with Crippen molar-refractivity contribution in [2.45, 2.75) is 32.4 Å². The van der Waals surface area contributed by atoms with Crippen LogP contribution in [0.3, 0.4) is 0 Å². The van der Waals surface area contributed by atoms with Gasteiger partial charge in [-0.3, -0.25) is 19.2 Å². The fourth-order valence-electron chi connectivity index (χ4n) is 2.04. The number of hydrogen-bond acceptors (Lipinski definition) is 4. The highest BCUT2D eigenvalue weighted by Crippen LogP contribution is 2.26. The lowest BCUT2D eigenvalue weighted by atomic mass is 10.4. The minimum absolute atomic E-state index is 0.227. The van der Waals surface area contributed by atoms with E-state index in [1.807, 2.05) is 0 Å². The molecular formula is C11H18N4O2. The summed E-state index contributed by atoms with van der Waals surface area (Å²) in [5.41, 5.74) is 4.79. The number of rotatable bonds is 5. The maximum absolute atomic E-state index is 11.6. The van der Waals surface area contributed by atoms with Gasteiger partial charge in [-0.25, -0.2) is 4.79 Å². The van der Waals surface area contributed by atoms with Gasteiger partial charge in [0.15, 0.2) is 0 Å². The van der Waals surface area contributed by atoms with Crippen molar-refractivity contribution in [3.8, 4) is 0 Å². The molecule has 6 nitrogen and oxygen atoms in total. The number of hydrogen-bond donors (Lipinski definition) is 2. The summed E-state index contributed by atoms with van der Waals surface area (Å²) in [4.78, 5) is 27.1. The lowest BCUT2D eigenvalue weighted by molar-refractivity contribution is 0.265. The highest BCUT2D eigenvalue weighted by Gasteiger charge is 2.27. The zero-order chi connectivity index (χ0) is 12.4. The van der Waals surface area contributed by atoms with Crippen molar-refractivity contribution < 1.29 is 0 Å². The number of nitrogen functional groups attached to an aromatic ring is 1. The van der Waals surface area contributed by atoms with Gasteiger partial charge >= 0.3 is 5.69 Å². The molecule has 1 aromatic heterocycles. The van der Waals surface area contributed by atoms with Gasteiger partial charge in [0.25, 0.3) is 5.56 Å². The molecule has 0 bridgehead atoms. The van der Waals surface area contributed by atoms with E-state index in [2.05, 4.69) is 16.8 Å². The number of anilines is 1. The second-order valence-electron chi connectivity index (χ2n) is 4.38. The molecule has 1 aliphatic carbocycles. The Morgan fingerprint density at radius 2 is 2.24 bits per heavy atom. The molecular weight excluding hydrogens is 220 g/mol. The van der Waals surface area contributed by atoms with Gasteiger partial charge < -0.3 is 5.73 Å². The van der Waals surface area contributed by atoms with E-state index in [0.717, 1.165) is 13.1 Å². The molecule has 3 N–H and O–H groups in total. The van der Waals surface area contributed by atoms with Crippen LogP contribution in [0.2, 0.25) is 0 Å². The van der Waals surface area contributed by atoms with Crippen LogP contribution >= 0.6 is 0 Å². The van der Waals surface area contributed by atoms with Crippen LogP contribution in [0.4, 0.5) is 5.82 Å². The van der Waals surface area contributed by atoms with Crippen LogP contribution in [0.1, 0.15) is 19.8 Å². The second-order valence-corrected chi connectivity index (χ2v) is 4.38. The van der Waals surface area contributed by atoms with Crippen molar-refractivity contribution in [1.29, 1.82) is 0 Å². The first-order valence-corrected chi connectivity index (χ1v) is 5.95. The van der Waals surface area contributed by atoms with Gasteiger partial charge in [-0.2, -0.15) is 0 Å². The van der Waals surface area contributed by atoms with E-state index >= 15 is 0 Å². The maximum atomic E-state index is 11.6. The molecule has 0 spiro atoms.